The molecule has 3 aromatic heterocycles. The average Bonchev–Trinajstić information content (AvgIpc) is 3.44. The lowest BCUT2D eigenvalue weighted by Crippen LogP contribution is -2.42. The molecule has 0 spiro atoms. The molecule has 10 heteroatoms. The fraction of sp³-hybridized carbons (Fsp3) is 0.150. The van der Waals surface area contributed by atoms with Crippen LogP contribution in [0.15, 0.2) is 56.0 Å². The SMILES string of the molecule is CCOC(=O)C1=C(N)n2c(s/c(=C\c3ccco3)c2=O)=C(C(N)=O)[C@H]1c1ccco1. The zero-order valence-electron chi connectivity index (χ0n) is 15.8. The number of amides is 1. The number of primary amides is 1. The number of ether oxygens (including phenoxy) is 1. The molecule has 154 valence electrons. The van der Waals surface area contributed by atoms with E-state index in [1.807, 2.05) is 0 Å². The number of rotatable bonds is 5. The Morgan fingerprint density at radius 1 is 1.23 bits per heavy atom. The third kappa shape index (κ3) is 3.07. The highest BCUT2D eigenvalue weighted by molar-refractivity contribution is 7.07. The van der Waals surface area contributed by atoms with Crippen molar-refractivity contribution in [2.45, 2.75) is 12.8 Å². The second kappa shape index (κ2) is 7.56. The highest BCUT2D eigenvalue weighted by Crippen LogP contribution is 2.37. The summed E-state index contributed by atoms with van der Waals surface area (Å²) in [5.74, 6) is -2.01. The van der Waals surface area contributed by atoms with Crippen LogP contribution in [0.4, 0.5) is 0 Å². The molecule has 4 N–H and O–H groups in total. The minimum Gasteiger partial charge on any atom is -0.468 e. The van der Waals surface area contributed by atoms with Gasteiger partial charge in [-0.1, -0.05) is 0 Å². The van der Waals surface area contributed by atoms with E-state index in [1.54, 1.807) is 31.2 Å². The number of nitrogens with zero attached hydrogens (tertiary/aromatic N) is 1. The summed E-state index contributed by atoms with van der Waals surface area (Å²) in [5, 5.41) is 0. The summed E-state index contributed by atoms with van der Waals surface area (Å²) in [6, 6.07) is 6.56. The Kier molecular flexibility index (Phi) is 4.92. The third-order valence-corrected chi connectivity index (χ3v) is 5.66. The first-order chi connectivity index (χ1) is 14.4. The number of esters is 1. The molecule has 9 nitrogen and oxygen atoms in total. The zero-order valence-corrected chi connectivity index (χ0v) is 16.6. The smallest absolute Gasteiger partial charge is 0.338 e. The average molecular weight is 427 g/mol. The predicted molar refractivity (Wildman–Crippen MR) is 108 cm³/mol. The van der Waals surface area contributed by atoms with E-state index in [-0.39, 0.29) is 38.5 Å². The van der Waals surface area contributed by atoms with Gasteiger partial charge in [0.25, 0.3) is 5.56 Å². The van der Waals surface area contributed by atoms with Crippen LogP contribution in [0.25, 0.3) is 17.5 Å². The van der Waals surface area contributed by atoms with Crippen molar-refractivity contribution >= 4 is 40.7 Å². The molecule has 0 radical (unpaired) electrons. The van der Waals surface area contributed by atoms with Crippen LogP contribution in [0.1, 0.15) is 24.4 Å². The van der Waals surface area contributed by atoms with Crippen LogP contribution in [0.2, 0.25) is 0 Å². The Morgan fingerprint density at radius 3 is 2.57 bits per heavy atom. The Bertz CT molecular complexity index is 1330. The van der Waals surface area contributed by atoms with Gasteiger partial charge in [0.05, 0.1) is 40.7 Å². The highest BCUT2D eigenvalue weighted by atomic mass is 32.1. The number of thiazole rings is 1. The highest BCUT2D eigenvalue weighted by Gasteiger charge is 2.40. The van der Waals surface area contributed by atoms with Gasteiger partial charge < -0.3 is 25.0 Å². The molecule has 0 aliphatic carbocycles. The molecule has 30 heavy (non-hydrogen) atoms. The van der Waals surface area contributed by atoms with Crippen molar-refractivity contribution in [1.82, 2.24) is 4.57 Å². The molecule has 4 heterocycles. The lowest BCUT2D eigenvalue weighted by Gasteiger charge is -2.24. The number of carbonyl (C=O) groups excluding carboxylic acids is 2. The van der Waals surface area contributed by atoms with Gasteiger partial charge in [-0.05, 0) is 31.2 Å². The van der Waals surface area contributed by atoms with Crippen LogP contribution in [0.5, 0.6) is 0 Å². The van der Waals surface area contributed by atoms with E-state index in [9.17, 15) is 14.4 Å². The standard InChI is InChI=1S/C20H17N3O6S/c1-2-27-20(26)14-13(11-6-4-8-29-11)15(17(22)24)19-23(16(14)21)18(25)12(30-19)9-10-5-3-7-28-10/h3-9,13H,2,21H2,1H3,(H2,22,24)/b12-9-/t13-/m0/s1. The first-order valence-electron chi connectivity index (χ1n) is 8.95. The summed E-state index contributed by atoms with van der Waals surface area (Å²) in [5.41, 5.74) is 11.4. The van der Waals surface area contributed by atoms with Crippen LogP contribution >= 0.6 is 11.3 Å². The molecule has 1 amide bonds. The van der Waals surface area contributed by atoms with Gasteiger partial charge in [-0.25, -0.2) is 4.79 Å². The maximum absolute atomic E-state index is 13.1. The van der Waals surface area contributed by atoms with E-state index < -0.39 is 23.4 Å². The molecule has 0 unspecified atom stereocenters. The summed E-state index contributed by atoms with van der Waals surface area (Å²) in [4.78, 5) is 38.3. The first kappa shape index (κ1) is 19.5. The molecule has 1 aliphatic rings. The lowest BCUT2D eigenvalue weighted by atomic mass is 9.86. The van der Waals surface area contributed by atoms with Gasteiger partial charge in [0, 0.05) is 6.08 Å². The Hall–Kier alpha value is -3.79. The number of carbonyl (C=O) groups is 2. The Morgan fingerprint density at radius 2 is 1.97 bits per heavy atom. The summed E-state index contributed by atoms with van der Waals surface area (Å²) >= 11 is 1.02. The van der Waals surface area contributed by atoms with Gasteiger partial charge in [-0.15, -0.1) is 11.3 Å². The van der Waals surface area contributed by atoms with Crippen LogP contribution in [0, 0.1) is 0 Å². The summed E-state index contributed by atoms with van der Waals surface area (Å²) in [7, 11) is 0. The van der Waals surface area contributed by atoms with Crippen molar-refractivity contribution in [3.63, 3.8) is 0 Å². The van der Waals surface area contributed by atoms with Crippen LogP contribution in [-0.2, 0) is 14.3 Å². The molecule has 0 aromatic carbocycles. The van der Waals surface area contributed by atoms with Gasteiger partial charge >= 0.3 is 5.97 Å². The topological polar surface area (TPSA) is 144 Å². The molecular weight excluding hydrogens is 410 g/mol. The van der Waals surface area contributed by atoms with Crippen molar-refractivity contribution < 1.29 is 23.2 Å². The number of hydrogen-bond donors (Lipinski definition) is 2. The largest absolute Gasteiger partial charge is 0.468 e. The van der Waals surface area contributed by atoms with Gasteiger partial charge in [-0.3, -0.25) is 14.2 Å². The van der Waals surface area contributed by atoms with Gasteiger partial charge in [0.2, 0.25) is 5.91 Å². The van der Waals surface area contributed by atoms with Crippen molar-refractivity contribution in [3.8, 4) is 0 Å². The van der Waals surface area contributed by atoms with Gasteiger partial charge in [0.1, 0.15) is 22.0 Å². The van der Waals surface area contributed by atoms with E-state index in [4.69, 9.17) is 25.0 Å². The van der Waals surface area contributed by atoms with Crippen molar-refractivity contribution in [2.75, 3.05) is 6.61 Å². The van der Waals surface area contributed by atoms with Gasteiger partial charge in [-0.2, -0.15) is 0 Å². The van der Waals surface area contributed by atoms with E-state index in [0.717, 1.165) is 15.9 Å². The fourth-order valence-corrected chi connectivity index (χ4v) is 4.50. The zero-order chi connectivity index (χ0) is 21.4. The summed E-state index contributed by atoms with van der Waals surface area (Å²) in [6.45, 7) is 1.71. The van der Waals surface area contributed by atoms with Crippen molar-refractivity contribution in [2.24, 2.45) is 11.5 Å². The van der Waals surface area contributed by atoms with Crippen LogP contribution in [-0.4, -0.2) is 23.1 Å². The molecule has 1 atom stereocenters. The molecule has 4 rings (SSSR count). The molecule has 0 saturated carbocycles. The molecule has 1 aliphatic heterocycles. The van der Waals surface area contributed by atoms with E-state index in [1.165, 1.54) is 18.6 Å². The van der Waals surface area contributed by atoms with E-state index in [2.05, 4.69) is 0 Å². The number of nitrogens with two attached hydrogens (primary N) is 2. The predicted octanol–water partition coefficient (Wildman–Crippen LogP) is 0.0484. The minimum atomic E-state index is -1.01. The molecule has 0 fully saturated rings. The number of aromatic nitrogens is 1. The van der Waals surface area contributed by atoms with Crippen LogP contribution < -0.4 is 26.2 Å². The molecule has 0 bridgehead atoms. The lowest BCUT2D eigenvalue weighted by molar-refractivity contribution is -0.138. The van der Waals surface area contributed by atoms with Crippen molar-refractivity contribution in [1.29, 1.82) is 0 Å². The van der Waals surface area contributed by atoms with E-state index in [0.29, 0.717) is 5.76 Å². The van der Waals surface area contributed by atoms with E-state index >= 15 is 0 Å². The number of furan rings is 2. The minimum absolute atomic E-state index is 0.0170. The maximum Gasteiger partial charge on any atom is 0.338 e. The fourth-order valence-electron chi connectivity index (χ4n) is 3.34. The Balaban J connectivity index is 2.11. The van der Waals surface area contributed by atoms with Crippen LogP contribution in [0.3, 0.4) is 0 Å². The second-order valence-corrected chi connectivity index (χ2v) is 7.35. The third-order valence-electron chi connectivity index (χ3n) is 4.55. The molecule has 3 aromatic rings. The first-order valence-corrected chi connectivity index (χ1v) is 9.77. The molecule has 0 saturated heterocycles. The summed E-state index contributed by atoms with van der Waals surface area (Å²) in [6.07, 6.45) is 4.40. The molecular formula is C20H17N3O6S. The van der Waals surface area contributed by atoms with Gasteiger partial charge in [0.15, 0.2) is 0 Å². The normalized spacial score (nSPS) is 16.6. The number of fused-ring (bicyclic) bond motifs is 1. The maximum atomic E-state index is 13.1. The van der Waals surface area contributed by atoms with Crippen molar-refractivity contribution in [3.05, 3.63) is 73.4 Å². The summed E-state index contributed by atoms with van der Waals surface area (Å²) < 4.78 is 17.4. The number of hydrogen-bond acceptors (Lipinski definition) is 8. The Labute approximate surface area is 173 Å². The monoisotopic (exact) mass is 427 g/mol. The quantitative estimate of drug-likeness (QED) is 0.548. The second-order valence-electron chi connectivity index (χ2n) is 6.32.